The summed E-state index contributed by atoms with van der Waals surface area (Å²) in [5.41, 5.74) is 2.59. The summed E-state index contributed by atoms with van der Waals surface area (Å²) in [7, 11) is 1.63. The molecule has 1 fully saturated rings. The number of fused-ring (bicyclic) bond motifs is 2. The van der Waals surface area contributed by atoms with E-state index in [1.807, 2.05) is 30.3 Å². The van der Waals surface area contributed by atoms with Crippen LogP contribution >= 0.6 is 0 Å². The van der Waals surface area contributed by atoms with Crippen LogP contribution < -0.4 is 14.2 Å². The average Bonchev–Trinajstić information content (AvgIpc) is 3.14. The first-order chi connectivity index (χ1) is 14.9. The molecule has 5 rings (SSSR count). The molecular weight excluding hydrogens is 394 g/mol. The fourth-order valence-corrected chi connectivity index (χ4v) is 5.19. The Bertz CT molecular complexity index is 953. The van der Waals surface area contributed by atoms with Crippen molar-refractivity contribution in [1.82, 2.24) is 4.90 Å². The molecule has 1 saturated heterocycles. The van der Waals surface area contributed by atoms with Crippen molar-refractivity contribution in [2.75, 3.05) is 26.7 Å². The minimum atomic E-state index is -0.549. The minimum absolute atomic E-state index is 0.206. The van der Waals surface area contributed by atoms with Crippen molar-refractivity contribution >= 4 is 0 Å². The summed E-state index contributed by atoms with van der Waals surface area (Å²) >= 11 is 0. The van der Waals surface area contributed by atoms with Gasteiger partial charge in [0.05, 0.1) is 19.3 Å². The van der Waals surface area contributed by atoms with Crippen molar-refractivity contribution in [1.29, 1.82) is 0 Å². The third kappa shape index (κ3) is 4.00. The van der Waals surface area contributed by atoms with Gasteiger partial charge in [0.1, 0.15) is 29.0 Å². The van der Waals surface area contributed by atoms with Gasteiger partial charge >= 0.3 is 0 Å². The molecule has 3 aliphatic heterocycles. The maximum atomic E-state index is 10.8. The van der Waals surface area contributed by atoms with E-state index in [2.05, 4.69) is 17.9 Å². The lowest BCUT2D eigenvalue weighted by atomic mass is 9.81. The topological polar surface area (TPSA) is 71.4 Å². The lowest BCUT2D eigenvalue weighted by Gasteiger charge is -2.46. The second-order valence-electron chi connectivity index (χ2n) is 9.22. The molecule has 0 aromatic heterocycles. The summed E-state index contributed by atoms with van der Waals surface area (Å²) in [5.74, 6) is 2.42. The Labute approximate surface area is 183 Å². The average molecular weight is 426 g/mol. The molecule has 31 heavy (non-hydrogen) atoms. The van der Waals surface area contributed by atoms with Gasteiger partial charge in [-0.2, -0.15) is 0 Å². The first-order valence-electron chi connectivity index (χ1n) is 11.2. The molecule has 0 unspecified atom stereocenters. The van der Waals surface area contributed by atoms with Crippen LogP contribution in [0.2, 0.25) is 0 Å². The Morgan fingerprint density at radius 2 is 1.94 bits per heavy atom. The fourth-order valence-electron chi connectivity index (χ4n) is 5.19. The zero-order valence-electron chi connectivity index (χ0n) is 18.2. The Morgan fingerprint density at radius 1 is 1.16 bits per heavy atom. The third-order valence-electron chi connectivity index (χ3n) is 6.97. The van der Waals surface area contributed by atoms with E-state index in [4.69, 9.17) is 14.2 Å². The largest absolute Gasteiger partial charge is 0.497 e. The molecule has 0 amide bonds. The number of nitrogens with zero attached hydrogens (tertiary/aromatic N) is 1. The van der Waals surface area contributed by atoms with Crippen LogP contribution in [0, 0.1) is 0 Å². The number of methoxy groups -OCH3 is 1. The van der Waals surface area contributed by atoms with E-state index in [1.54, 1.807) is 7.11 Å². The molecule has 2 aromatic rings. The van der Waals surface area contributed by atoms with Crippen LogP contribution in [-0.2, 0) is 6.42 Å². The number of piperidine rings is 1. The van der Waals surface area contributed by atoms with Gasteiger partial charge in [0.25, 0.3) is 0 Å². The molecule has 0 aliphatic carbocycles. The highest BCUT2D eigenvalue weighted by Crippen LogP contribution is 2.45. The minimum Gasteiger partial charge on any atom is -0.497 e. The van der Waals surface area contributed by atoms with Gasteiger partial charge in [-0.05, 0) is 61.2 Å². The van der Waals surface area contributed by atoms with E-state index in [0.29, 0.717) is 13.0 Å². The third-order valence-corrected chi connectivity index (χ3v) is 6.97. The number of aliphatic hydroxyl groups excluding tert-OH is 2. The molecule has 0 saturated carbocycles. The van der Waals surface area contributed by atoms with Crippen molar-refractivity contribution < 1.29 is 24.4 Å². The van der Waals surface area contributed by atoms with Crippen LogP contribution in [0.15, 0.2) is 36.4 Å². The molecule has 0 bridgehead atoms. The fraction of sp³-hybridized carbons (Fsp3) is 0.520. The summed E-state index contributed by atoms with van der Waals surface area (Å²) in [6, 6.07) is 11.7. The maximum Gasteiger partial charge on any atom is 0.126 e. The van der Waals surface area contributed by atoms with Crippen LogP contribution in [0.5, 0.6) is 17.2 Å². The van der Waals surface area contributed by atoms with Gasteiger partial charge in [-0.1, -0.05) is 6.07 Å². The molecule has 6 heteroatoms. The number of β-amino-alcohol motifs (C(OH)–C–C–N with tert-alkyl or cyclic N) is 1. The number of hydrogen-bond acceptors (Lipinski definition) is 6. The van der Waals surface area contributed by atoms with E-state index in [0.717, 1.165) is 60.7 Å². The van der Waals surface area contributed by atoms with Crippen LogP contribution in [0.3, 0.4) is 0 Å². The number of rotatable bonds is 4. The lowest BCUT2D eigenvalue weighted by molar-refractivity contribution is -0.0588. The number of benzene rings is 2. The van der Waals surface area contributed by atoms with E-state index < -0.39 is 12.2 Å². The second kappa shape index (κ2) is 8.01. The van der Waals surface area contributed by atoms with Gasteiger partial charge in [-0.3, -0.25) is 0 Å². The van der Waals surface area contributed by atoms with E-state index >= 15 is 0 Å². The predicted octanol–water partition coefficient (Wildman–Crippen LogP) is 3.40. The number of ether oxygens (including phenoxy) is 3. The van der Waals surface area contributed by atoms with Gasteiger partial charge < -0.3 is 29.3 Å². The van der Waals surface area contributed by atoms with Crippen molar-refractivity contribution in [3.8, 4) is 17.2 Å². The summed E-state index contributed by atoms with van der Waals surface area (Å²) in [5, 5.41) is 21.6. The highest BCUT2D eigenvalue weighted by molar-refractivity contribution is 5.44. The van der Waals surface area contributed by atoms with Gasteiger partial charge in [-0.15, -0.1) is 0 Å². The molecule has 2 N–H and O–H groups in total. The monoisotopic (exact) mass is 425 g/mol. The molecule has 3 heterocycles. The van der Waals surface area contributed by atoms with Gasteiger partial charge in [-0.25, -0.2) is 0 Å². The smallest absolute Gasteiger partial charge is 0.126 e. The van der Waals surface area contributed by atoms with Crippen LogP contribution in [0.1, 0.15) is 55.1 Å². The van der Waals surface area contributed by atoms with Gasteiger partial charge in [0, 0.05) is 38.0 Å². The lowest BCUT2D eigenvalue weighted by Crippen LogP contribution is -2.51. The van der Waals surface area contributed by atoms with Gasteiger partial charge in [0.2, 0.25) is 0 Å². The van der Waals surface area contributed by atoms with E-state index in [1.165, 1.54) is 5.56 Å². The van der Waals surface area contributed by atoms with Gasteiger partial charge in [0.15, 0.2) is 0 Å². The standard InChI is InChI=1S/C25H31NO5/c1-16-11-18-12-17(3-5-23(18)30-16)22(28)15-26-9-7-25(8-10-26)14-21(27)20-13-19(29-2)4-6-24(20)31-25/h3-6,12-13,16,21-22,27-28H,7-11,14-15H2,1-2H3/t16-,21+,22+/m0/s1. The van der Waals surface area contributed by atoms with Crippen LogP contribution in [0.25, 0.3) is 0 Å². The summed E-state index contributed by atoms with van der Waals surface area (Å²) in [6.45, 7) is 4.33. The first kappa shape index (κ1) is 20.6. The maximum absolute atomic E-state index is 10.8. The molecule has 2 aromatic carbocycles. The van der Waals surface area contributed by atoms with Crippen LogP contribution in [0.4, 0.5) is 0 Å². The molecule has 3 aliphatic rings. The zero-order chi connectivity index (χ0) is 21.6. The SMILES string of the molecule is COc1ccc2c(c1)[C@H](O)CC1(CCN(C[C@@H](O)c3ccc4c(c3)C[C@H](C)O4)CC1)O2. The quantitative estimate of drug-likeness (QED) is 0.782. The predicted molar refractivity (Wildman–Crippen MR) is 117 cm³/mol. The number of likely N-dealkylation sites (tertiary alicyclic amines) is 1. The Kier molecular flexibility index (Phi) is 5.32. The van der Waals surface area contributed by atoms with Crippen LogP contribution in [-0.4, -0.2) is 53.6 Å². The van der Waals surface area contributed by atoms with E-state index in [-0.39, 0.29) is 11.7 Å². The number of aliphatic hydroxyl groups is 2. The summed E-state index contributed by atoms with van der Waals surface area (Å²) in [6.07, 6.45) is 2.28. The molecular formula is C25H31NO5. The normalized spacial score (nSPS) is 25.3. The molecule has 6 nitrogen and oxygen atoms in total. The highest BCUT2D eigenvalue weighted by Gasteiger charge is 2.43. The summed E-state index contributed by atoms with van der Waals surface area (Å²) < 4.78 is 17.5. The molecule has 166 valence electrons. The van der Waals surface area contributed by atoms with Crippen molar-refractivity contribution in [3.63, 3.8) is 0 Å². The summed E-state index contributed by atoms with van der Waals surface area (Å²) in [4.78, 5) is 2.29. The Hall–Kier alpha value is -2.28. The Morgan fingerprint density at radius 3 is 2.71 bits per heavy atom. The molecule has 0 radical (unpaired) electrons. The Balaban J connectivity index is 1.21. The molecule has 3 atom stereocenters. The molecule has 1 spiro atoms. The number of hydrogen-bond donors (Lipinski definition) is 2. The van der Waals surface area contributed by atoms with Crippen molar-refractivity contribution in [2.45, 2.75) is 56.5 Å². The first-order valence-corrected chi connectivity index (χ1v) is 11.2. The highest BCUT2D eigenvalue weighted by atomic mass is 16.5. The zero-order valence-corrected chi connectivity index (χ0v) is 18.2. The van der Waals surface area contributed by atoms with Crippen molar-refractivity contribution in [3.05, 3.63) is 53.1 Å². The second-order valence-corrected chi connectivity index (χ2v) is 9.22. The van der Waals surface area contributed by atoms with E-state index in [9.17, 15) is 10.2 Å². The van der Waals surface area contributed by atoms with Crippen molar-refractivity contribution in [2.24, 2.45) is 0 Å².